The highest BCUT2D eigenvalue weighted by Crippen LogP contribution is 2.31. The molecule has 0 fully saturated rings. The zero-order valence-electron chi connectivity index (χ0n) is 10.3. The van der Waals surface area contributed by atoms with Gasteiger partial charge in [-0.05, 0) is 54.0 Å². The average molecular weight is 327 g/mol. The SMILES string of the molecule is CCOc1ncccc1NC(C)c1ccc(Br)s1. The predicted molar refractivity (Wildman–Crippen MR) is 79.5 cm³/mol. The van der Waals surface area contributed by atoms with Gasteiger partial charge >= 0.3 is 0 Å². The highest BCUT2D eigenvalue weighted by Gasteiger charge is 2.11. The first-order chi connectivity index (χ1) is 8.70. The number of ether oxygens (including phenoxy) is 1. The zero-order chi connectivity index (χ0) is 13.0. The number of rotatable bonds is 5. The summed E-state index contributed by atoms with van der Waals surface area (Å²) in [6.07, 6.45) is 1.74. The Labute approximate surface area is 119 Å². The molecule has 1 unspecified atom stereocenters. The van der Waals surface area contributed by atoms with Crippen molar-refractivity contribution in [2.75, 3.05) is 11.9 Å². The molecule has 1 N–H and O–H groups in total. The molecule has 0 saturated heterocycles. The maximum Gasteiger partial charge on any atom is 0.237 e. The van der Waals surface area contributed by atoms with Crippen molar-refractivity contribution in [2.45, 2.75) is 19.9 Å². The lowest BCUT2D eigenvalue weighted by Gasteiger charge is -2.16. The van der Waals surface area contributed by atoms with Crippen molar-refractivity contribution in [1.29, 1.82) is 0 Å². The fourth-order valence-corrected chi connectivity index (χ4v) is 3.04. The maximum atomic E-state index is 5.50. The number of pyridine rings is 1. The van der Waals surface area contributed by atoms with E-state index in [9.17, 15) is 0 Å². The molecule has 0 spiro atoms. The molecule has 0 amide bonds. The number of halogens is 1. The number of anilines is 1. The van der Waals surface area contributed by atoms with Gasteiger partial charge < -0.3 is 10.1 Å². The van der Waals surface area contributed by atoms with Crippen LogP contribution in [0.25, 0.3) is 0 Å². The third-order valence-electron chi connectivity index (χ3n) is 2.44. The lowest BCUT2D eigenvalue weighted by atomic mass is 10.2. The molecule has 0 aliphatic rings. The van der Waals surface area contributed by atoms with Crippen LogP contribution in [-0.2, 0) is 0 Å². The van der Waals surface area contributed by atoms with Crippen molar-refractivity contribution in [1.82, 2.24) is 4.98 Å². The monoisotopic (exact) mass is 326 g/mol. The predicted octanol–water partition coefficient (Wildman–Crippen LogP) is 4.48. The van der Waals surface area contributed by atoms with Gasteiger partial charge in [0.2, 0.25) is 5.88 Å². The number of thiophene rings is 1. The molecule has 2 rings (SSSR count). The minimum atomic E-state index is 0.227. The van der Waals surface area contributed by atoms with Gasteiger partial charge in [0.15, 0.2) is 0 Å². The van der Waals surface area contributed by atoms with Crippen LogP contribution in [0, 0.1) is 0 Å². The van der Waals surface area contributed by atoms with E-state index in [1.54, 1.807) is 17.5 Å². The molecule has 0 saturated carbocycles. The second-order valence-corrected chi connectivity index (χ2v) is 6.29. The molecule has 2 aromatic heterocycles. The van der Waals surface area contributed by atoms with E-state index in [-0.39, 0.29) is 6.04 Å². The molecular weight excluding hydrogens is 312 g/mol. The third kappa shape index (κ3) is 3.23. The highest BCUT2D eigenvalue weighted by atomic mass is 79.9. The van der Waals surface area contributed by atoms with Gasteiger partial charge in [0, 0.05) is 11.1 Å². The van der Waals surface area contributed by atoms with E-state index >= 15 is 0 Å². The second kappa shape index (κ2) is 6.20. The Hall–Kier alpha value is -1.07. The molecule has 0 bridgehead atoms. The van der Waals surface area contributed by atoms with Gasteiger partial charge in [-0.3, -0.25) is 0 Å². The molecule has 96 valence electrons. The Morgan fingerprint density at radius 1 is 1.44 bits per heavy atom. The number of aromatic nitrogens is 1. The van der Waals surface area contributed by atoms with E-state index in [0.29, 0.717) is 12.5 Å². The number of nitrogens with one attached hydrogen (secondary N) is 1. The summed E-state index contributed by atoms with van der Waals surface area (Å²) in [6.45, 7) is 4.70. The van der Waals surface area contributed by atoms with Crippen molar-refractivity contribution in [3.63, 3.8) is 0 Å². The summed E-state index contributed by atoms with van der Waals surface area (Å²) in [5.41, 5.74) is 0.927. The van der Waals surface area contributed by atoms with E-state index in [0.717, 1.165) is 9.47 Å². The fourth-order valence-electron chi connectivity index (χ4n) is 1.62. The number of hydrogen-bond acceptors (Lipinski definition) is 4. The molecule has 18 heavy (non-hydrogen) atoms. The Bertz CT molecular complexity index is 515. The van der Waals surface area contributed by atoms with Crippen molar-refractivity contribution in [2.24, 2.45) is 0 Å². The van der Waals surface area contributed by atoms with Gasteiger partial charge in [0.1, 0.15) is 0 Å². The summed E-state index contributed by atoms with van der Waals surface area (Å²) in [5, 5.41) is 3.43. The lowest BCUT2D eigenvalue weighted by molar-refractivity contribution is 0.328. The molecular formula is C13H15BrN2OS. The molecule has 0 radical (unpaired) electrons. The van der Waals surface area contributed by atoms with Crippen molar-refractivity contribution in [3.05, 3.63) is 39.1 Å². The second-order valence-electron chi connectivity index (χ2n) is 3.80. The summed E-state index contributed by atoms with van der Waals surface area (Å²) in [5.74, 6) is 0.655. The van der Waals surface area contributed by atoms with Gasteiger partial charge in [0.05, 0.1) is 22.1 Å². The van der Waals surface area contributed by atoms with E-state index in [1.165, 1.54) is 4.88 Å². The molecule has 0 aliphatic heterocycles. The van der Waals surface area contributed by atoms with Gasteiger partial charge in [-0.25, -0.2) is 4.98 Å². The smallest absolute Gasteiger partial charge is 0.237 e. The summed E-state index contributed by atoms with van der Waals surface area (Å²) >= 11 is 5.21. The van der Waals surface area contributed by atoms with Crippen LogP contribution in [0.1, 0.15) is 24.8 Å². The normalized spacial score (nSPS) is 12.2. The Kier molecular flexibility index (Phi) is 4.60. The molecule has 5 heteroatoms. The summed E-state index contributed by atoms with van der Waals surface area (Å²) in [7, 11) is 0. The van der Waals surface area contributed by atoms with Gasteiger partial charge in [-0.2, -0.15) is 0 Å². The Balaban J connectivity index is 2.13. The third-order valence-corrected chi connectivity index (χ3v) is 4.25. The molecule has 0 aromatic carbocycles. The summed E-state index contributed by atoms with van der Waals surface area (Å²) in [6, 6.07) is 8.29. The maximum absolute atomic E-state index is 5.50. The Morgan fingerprint density at radius 3 is 2.94 bits per heavy atom. The van der Waals surface area contributed by atoms with Crippen LogP contribution in [-0.4, -0.2) is 11.6 Å². The molecule has 0 aliphatic carbocycles. The van der Waals surface area contributed by atoms with Crippen LogP contribution in [0.2, 0.25) is 0 Å². The molecule has 2 aromatic rings. The zero-order valence-corrected chi connectivity index (χ0v) is 12.7. The minimum Gasteiger partial charge on any atom is -0.476 e. The average Bonchev–Trinajstić information content (AvgIpc) is 2.79. The van der Waals surface area contributed by atoms with Crippen LogP contribution in [0.15, 0.2) is 34.2 Å². The fraction of sp³-hybridized carbons (Fsp3) is 0.308. The van der Waals surface area contributed by atoms with Crippen LogP contribution >= 0.6 is 27.3 Å². The molecule has 2 heterocycles. The highest BCUT2D eigenvalue weighted by molar-refractivity contribution is 9.11. The van der Waals surface area contributed by atoms with E-state index in [2.05, 4.69) is 45.3 Å². The number of hydrogen-bond donors (Lipinski definition) is 1. The van der Waals surface area contributed by atoms with E-state index in [4.69, 9.17) is 4.74 Å². The van der Waals surface area contributed by atoms with Crippen molar-refractivity contribution < 1.29 is 4.74 Å². The Morgan fingerprint density at radius 2 is 2.28 bits per heavy atom. The first kappa shape index (κ1) is 13.4. The summed E-state index contributed by atoms with van der Waals surface area (Å²) in [4.78, 5) is 5.50. The van der Waals surface area contributed by atoms with Crippen molar-refractivity contribution >= 4 is 33.0 Å². The van der Waals surface area contributed by atoms with E-state index in [1.807, 2.05) is 19.1 Å². The summed E-state index contributed by atoms with van der Waals surface area (Å²) < 4.78 is 6.64. The van der Waals surface area contributed by atoms with Gasteiger partial charge in [-0.15, -0.1) is 11.3 Å². The molecule has 3 nitrogen and oxygen atoms in total. The van der Waals surface area contributed by atoms with Gasteiger partial charge in [-0.1, -0.05) is 0 Å². The first-order valence-corrected chi connectivity index (χ1v) is 7.41. The van der Waals surface area contributed by atoms with Gasteiger partial charge in [0.25, 0.3) is 0 Å². The first-order valence-electron chi connectivity index (χ1n) is 5.80. The largest absolute Gasteiger partial charge is 0.476 e. The molecule has 1 atom stereocenters. The quantitative estimate of drug-likeness (QED) is 0.879. The van der Waals surface area contributed by atoms with Crippen molar-refractivity contribution in [3.8, 4) is 5.88 Å². The number of nitrogens with zero attached hydrogens (tertiary/aromatic N) is 1. The van der Waals surface area contributed by atoms with Crippen LogP contribution in [0.5, 0.6) is 5.88 Å². The van der Waals surface area contributed by atoms with Crippen LogP contribution < -0.4 is 10.1 Å². The van der Waals surface area contributed by atoms with E-state index < -0.39 is 0 Å². The van der Waals surface area contributed by atoms with Crippen LogP contribution in [0.4, 0.5) is 5.69 Å². The minimum absolute atomic E-state index is 0.227. The van der Waals surface area contributed by atoms with Crippen LogP contribution in [0.3, 0.4) is 0 Å². The lowest BCUT2D eigenvalue weighted by Crippen LogP contribution is -2.07. The standard InChI is InChI=1S/C13H15BrN2OS/c1-3-17-13-10(5-4-8-15-13)16-9(2)11-6-7-12(14)18-11/h4-9,16H,3H2,1-2H3. The topological polar surface area (TPSA) is 34.1 Å².